The fourth-order valence-corrected chi connectivity index (χ4v) is 5.16. The van der Waals surface area contributed by atoms with Gasteiger partial charge in [-0.1, -0.05) is 31.7 Å². The number of pyridine rings is 1. The van der Waals surface area contributed by atoms with Crippen LogP contribution in [0.4, 0.5) is 0 Å². The maximum absolute atomic E-state index is 13.3. The van der Waals surface area contributed by atoms with Crippen molar-refractivity contribution in [3.8, 4) is 22.6 Å². The Morgan fingerprint density at radius 3 is 2.48 bits per heavy atom. The van der Waals surface area contributed by atoms with Crippen LogP contribution < -0.4 is 11.0 Å². The number of fused-ring (bicyclic) bond motifs is 4. The quantitative estimate of drug-likeness (QED) is 0.227. The molecule has 0 saturated heterocycles. The number of H-pyrrole nitrogens is 2. The molecule has 0 bridgehead atoms. The van der Waals surface area contributed by atoms with Gasteiger partial charge in [-0.3, -0.25) is 19.4 Å². The summed E-state index contributed by atoms with van der Waals surface area (Å²) in [6, 6.07) is 9.22. The van der Waals surface area contributed by atoms with E-state index in [1.54, 1.807) is 12.1 Å². The molecule has 0 spiro atoms. The third kappa shape index (κ3) is 3.05. The number of nitrogens with one attached hydrogen (secondary N) is 2. The monoisotopic (exact) mass is 445 g/mol. The number of hydrogen-bond donors (Lipinski definition) is 4. The summed E-state index contributed by atoms with van der Waals surface area (Å²) in [6.07, 6.45) is 6.55. The van der Waals surface area contributed by atoms with Crippen LogP contribution in [-0.4, -0.2) is 25.0 Å². The van der Waals surface area contributed by atoms with Crippen molar-refractivity contribution in [3.05, 3.63) is 57.0 Å². The third-order valence-corrected chi connectivity index (χ3v) is 6.76. The molecule has 3 aromatic heterocycles. The largest absolute Gasteiger partial charge is 0.504 e. The molecule has 33 heavy (non-hydrogen) atoms. The van der Waals surface area contributed by atoms with Crippen molar-refractivity contribution in [3.63, 3.8) is 0 Å². The van der Waals surface area contributed by atoms with Gasteiger partial charge in [-0.25, -0.2) is 0 Å². The highest BCUT2D eigenvalue weighted by Gasteiger charge is 2.25. The predicted octanol–water partition coefficient (Wildman–Crippen LogP) is 4.89. The average Bonchev–Trinajstić information content (AvgIpc) is 3.17. The molecule has 4 N–H and O–H groups in total. The highest BCUT2D eigenvalue weighted by Crippen LogP contribution is 2.41. The van der Waals surface area contributed by atoms with E-state index in [4.69, 9.17) is 4.42 Å². The van der Waals surface area contributed by atoms with Crippen molar-refractivity contribution in [2.24, 2.45) is 0 Å². The Morgan fingerprint density at radius 2 is 1.73 bits per heavy atom. The molecule has 0 aliphatic heterocycles. The summed E-state index contributed by atoms with van der Waals surface area (Å²) in [5.41, 5.74) is 2.75. The van der Waals surface area contributed by atoms with E-state index in [0.29, 0.717) is 38.8 Å². The van der Waals surface area contributed by atoms with Crippen LogP contribution in [0.5, 0.6) is 11.5 Å². The number of rotatable bonds is 2. The van der Waals surface area contributed by atoms with Crippen LogP contribution in [0.25, 0.3) is 44.2 Å². The number of benzene rings is 2. The summed E-state index contributed by atoms with van der Waals surface area (Å²) < 4.78 is 8.03. The zero-order valence-corrected chi connectivity index (χ0v) is 17.9. The minimum atomic E-state index is -0.292. The highest BCUT2D eigenvalue weighted by atomic mass is 16.3. The van der Waals surface area contributed by atoms with Crippen LogP contribution in [0.3, 0.4) is 0 Å². The Labute approximate surface area is 187 Å². The standard InChI is InChI=1S/C25H23N3O5/c29-15-8-9-16-19(12-15)33-23-20(13-7-10-17(30)18(31)11-13)21-24(26-22(16)23)28(27-25(21)32)14-5-3-1-2-4-6-14/h7-12,14,26,30-31H,1-6H2,(H,27,32). The minimum Gasteiger partial charge on any atom is -0.504 e. The Kier molecular flexibility index (Phi) is 4.36. The maximum Gasteiger partial charge on any atom is 0.274 e. The summed E-state index contributed by atoms with van der Waals surface area (Å²) in [5.74, 6) is -0.543. The Morgan fingerprint density at radius 1 is 0.939 bits per heavy atom. The summed E-state index contributed by atoms with van der Waals surface area (Å²) in [6.45, 7) is 0. The van der Waals surface area contributed by atoms with Gasteiger partial charge in [0.1, 0.15) is 11.2 Å². The van der Waals surface area contributed by atoms with Gasteiger partial charge < -0.3 is 19.6 Å². The first-order valence-electron chi connectivity index (χ1n) is 11.3. The lowest BCUT2D eigenvalue weighted by atomic mass is 10.0. The normalized spacial score (nSPS) is 15.5. The summed E-state index contributed by atoms with van der Waals surface area (Å²) in [4.78, 5) is 28.6. The number of nitrogens with zero attached hydrogens (tertiary/aromatic N) is 1. The second-order valence-electron chi connectivity index (χ2n) is 8.85. The van der Waals surface area contributed by atoms with E-state index in [1.165, 1.54) is 37.1 Å². The van der Waals surface area contributed by atoms with Crippen molar-refractivity contribution >= 4 is 33.1 Å². The molecule has 1 saturated carbocycles. The zero-order chi connectivity index (χ0) is 22.7. The van der Waals surface area contributed by atoms with E-state index in [0.717, 1.165) is 31.1 Å². The van der Waals surface area contributed by atoms with E-state index in [2.05, 4.69) is 10.1 Å². The molecule has 1 aliphatic rings. The number of hydrogen-bond acceptors (Lipinski definition) is 5. The molecule has 8 heteroatoms. The lowest BCUT2D eigenvalue weighted by Crippen LogP contribution is -2.13. The molecule has 168 valence electrons. The van der Waals surface area contributed by atoms with Gasteiger partial charge in [-0.2, -0.15) is 0 Å². The molecule has 5 aromatic rings. The topological polar surface area (TPSA) is 124 Å². The number of furan rings is 1. The van der Waals surface area contributed by atoms with Gasteiger partial charge >= 0.3 is 0 Å². The van der Waals surface area contributed by atoms with Crippen molar-refractivity contribution in [1.29, 1.82) is 0 Å². The van der Waals surface area contributed by atoms with Gasteiger partial charge in [-0.05, 0) is 42.7 Å². The van der Waals surface area contributed by atoms with Gasteiger partial charge in [0.25, 0.3) is 5.56 Å². The van der Waals surface area contributed by atoms with Crippen molar-refractivity contribution in [1.82, 2.24) is 14.8 Å². The SMILES string of the molecule is O=c1ccc2c(c1)oc1c(-c3ccc(O)c(O)c3)c3c(=O)[nH]n(C4CCCCCC4)c3[nH]c12. The molecule has 0 amide bonds. The Balaban J connectivity index is 1.75. The Hall–Kier alpha value is -3.94. The number of phenols is 2. The van der Waals surface area contributed by atoms with Crippen LogP contribution in [0.2, 0.25) is 0 Å². The van der Waals surface area contributed by atoms with E-state index >= 15 is 0 Å². The maximum atomic E-state index is 13.3. The summed E-state index contributed by atoms with van der Waals surface area (Å²) >= 11 is 0. The molecule has 0 atom stereocenters. The van der Waals surface area contributed by atoms with Crippen LogP contribution in [-0.2, 0) is 0 Å². The average molecular weight is 445 g/mol. The van der Waals surface area contributed by atoms with Gasteiger partial charge in [0.05, 0.1) is 16.9 Å². The van der Waals surface area contributed by atoms with Crippen molar-refractivity contribution in [2.45, 2.75) is 44.6 Å². The van der Waals surface area contributed by atoms with E-state index in [9.17, 15) is 19.8 Å². The van der Waals surface area contributed by atoms with Crippen molar-refractivity contribution < 1.29 is 14.6 Å². The lowest BCUT2D eigenvalue weighted by Gasteiger charge is -2.17. The third-order valence-electron chi connectivity index (χ3n) is 6.76. The minimum absolute atomic E-state index is 0.166. The smallest absolute Gasteiger partial charge is 0.274 e. The molecule has 8 nitrogen and oxygen atoms in total. The van der Waals surface area contributed by atoms with E-state index in [-0.39, 0.29) is 28.5 Å². The van der Waals surface area contributed by atoms with Crippen molar-refractivity contribution in [2.75, 3.05) is 0 Å². The number of phenolic OH excluding ortho intramolecular Hbond substituents is 2. The van der Waals surface area contributed by atoms with Gasteiger partial charge in [0.2, 0.25) is 0 Å². The number of aromatic nitrogens is 3. The van der Waals surface area contributed by atoms with Gasteiger partial charge in [0.15, 0.2) is 22.5 Å². The number of aromatic amines is 2. The van der Waals surface area contributed by atoms with Crippen LogP contribution in [0.15, 0.2) is 50.4 Å². The van der Waals surface area contributed by atoms with Crippen LogP contribution in [0, 0.1) is 0 Å². The highest BCUT2D eigenvalue weighted by molar-refractivity contribution is 6.14. The molecule has 1 fully saturated rings. The van der Waals surface area contributed by atoms with Crippen LogP contribution in [0.1, 0.15) is 44.6 Å². The molecule has 1 aliphatic carbocycles. The van der Waals surface area contributed by atoms with Crippen LogP contribution >= 0.6 is 0 Å². The summed E-state index contributed by atoms with van der Waals surface area (Å²) in [7, 11) is 0. The molecular formula is C25H23N3O5. The molecule has 6 rings (SSSR count). The molecule has 0 radical (unpaired) electrons. The second kappa shape index (κ2) is 7.30. The van der Waals surface area contributed by atoms with Gasteiger partial charge in [0, 0.05) is 17.0 Å². The molecule has 3 heterocycles. The summed E-state index contributed by atoms with van der Waals surface area (Å²) in [5, 5.41) is 24.2. The van der Waals surface area contributed by atoms with E-state index < -0.39 is 0 Å². The van der Waals surface area contributed by atoms with E-state index in [1.807, 2.05) is 4.68 Å². The first-order chi connectivity index (χ1) is 16.0. The first kappa shape index (κ1) is 19.7. The lowest BCUT2D eigenvalue weighted by molar-refractivity contribution is 0.404. The zero-order valence-electron chi connectivity index (χ0n) is 17.9. The second-order valence-corrected chi connectivity index (χ2v) is 8.85. The number of aromatic hydroxyl groups is 2. The molecular weight excluding hydrogens is 422 g/mol. The molecule has 0 unspecified atom stereocenters. The first-order valence-corrected chi connectivity index (χ1v) is 11.3. The fraction of sp³-hybridized carbons (Fsp3) is 0.280. The Bertz CT molecular complexity index is 1640. The van der Waals surface area contributed by atoms with Gasteiger partial charge in [-0.15, -0.1) is 0 Å². The molecule has 2 aromatic carbocycles. The fourth-order valence-electron chi connectivity index (χ4n) is 5.16. The predicted molar refractivity (Wildman–Crippen MR) is 126 cm³/mol.